The molecule has 0 atom stereocenters. The molecular weight excluding hydrogens is 396 g/mol. The van der Waals surface area contributed by atoms with Crippen LogP contribution in [0.4, 0.5) is 0 Å². The van der Waals surface area contributed by atoms with E-state index in [1.54, 1.807) is 14.2 Å². The number of fused-ring (bicyclic) bond motifs is 1. The quantitative estimate of drug-likeness (QED) is 0.554. The molecule has 2 heterocycles. The second kappa shape index (κ2) is 8.36. The SMILES string of the molecule is CCCOc1cc(Cc2cc3cc(Br)ccc3nc2OC)cc(OC)n1. The van der Waals surface area contributed by atoms with Crippen LogP contribution >= 0.6 is 15.9 Å². The molecule has 0 fully saturated rings. The number of hydrogen-bond donors (Lipinski definition) is 0. The number of hydrogen-bond acceptors (Lipinski definition) is 5. The highest BCUT2D eigenvalue weighted by Crippen LogP contribution is 2.28. The molecule has 0 N–H and O–H groups in total. The number of aromatic nitrogens is 2. The van der Waals surface area contributed by atoms with Gasteiger partial charge < -0.3 is 14.2 Å². The molecular formula is C20H21BrN2O3. The van der Waals surface area contributed by atoms with E-state index >= 15 is 0 Å². The van der Waals surface area contributed by atoms with Crippen molar-refractivity contribution < 1.29 is 14.2 Å². The molecule has 0 bridgehead atoms. The highest BCUT2D eigenvalue weighted by Gasteiger charge is 2.11. The maximum absolute atomic E-state index is 5.67. The van der Waals surface area contributed by atoms with E-state index in [9.17, 15) is 0 Å². The molecule has 1 aromatic carbocycles. The Morgan fingerprint density at radius 3 is 2.50 bits per heavy atom. The van der Waals surface area contributed by atoms with Crippen molar-refractivity contribution in [2.24, 2.45) is 0 Å². The fourth-order valence-electron chi connectivity index (χ4n) is 2.72. The number of halogens is 1. The summed E-state index contributed by atoms with van der Waals surface area (Å²) < 4.78 is 17.5. The van der Waals surface area contributed by atoms with E-state index in [1.807, 2.05) is 30.3 Å². The molecule has 0 saturated heterocycles. The van der Waals surface area contributed by atoms with Crippen molar-refractivity contribution >= 4 is 26.8 Å². The first kappa shape index (κ1) is 18.5. The van der Waals surface area contributed by atoms with Gasteiger partial charge in [0.25, 0.3) is 0 Å². The van der Waals surface area contributed by atoms with Gasteiger partial charge >= 0.3 is 0 Å². The molecule has 0 amide bonds. The van der Waals surface area contributed by atoms with Gasteiger partial charge in [0.2, 0.25) is 17.6 Å². The summed E-state index contributed by atoms with van der Waals surface area (Å²) in [6.45, 7) is 2.68. The lowest BCUT2D eigenvalue weighted by Gasteiger charge is -2.12. The second-order valence-corrected chi connectivity index (χ2v) is 6.79. The third kappa shape index (κ3) is 4.25. The Kier molecular flexibility index (Phi) is 5.93. The maximum atomic E-state index is 5.67. The molecule has 0 unspecified atom stereocenters. The first-order chi connectivity index (χ1) is 12.6. The molecule has 3 rings (SSSR count). The first-order valence-corrected chi connectivity index (χ1v) is 9.23. The van der Waals surface area contributed by atoms with Gasteiger partial charge in [0.15, 0.2) is 0 Å². The second-order valence-electron chi connectivity index (χ2n) is 5.88. The monoisotopic (exact) mass is 416 g/mol. The Morgan fingerprint density at radius 1 is 0.962 bits per heavy atom. The minimum atomic E-state index is 0.532. The Bertz CT molecular complexity index is 915. The van der Waals surface area contributed by atoms with Crippen LogP contribution in [0.1, 0.15) is 24.5 Å². The lowest BCUT2D eigenvalue weighted by molar-refractivity contribution is 0.297. The largest absolute Gasteiger partial charge is 0.481 e. The highest BCUT2D eigenvalue weighted by atomic mass is 79.9. The van der Waals surface area contributed by atoms with Crippen molar-refractivity contribution in [1.29, 1.82) is 0 Å². The third-order valence-corrected chi connectivity index (χ3v) is 4.40. The Balaban J connectivity index is 1.99. The topological polar surface area (TPSA) is 53.5 Å². The molecule has 0 aliphatic heterocycles. The van der Waals surface area contributed by atoms with Gasteiger partial charge in [-0.3, -0.25) is 0 Å². The van der Waals surface area contributed by atoms with Crippen molar-refractivity contribution in [1.82, 2.24) is 9.97 Å². The average Bonchev–Trinajstić information content (AvgIpc) is 2.65. The number of rotatable bonds is 7. The van der Waals surface area contributed by atoms with Crippen molar-refractivity contribution in [2.75, 3.05) is 20.8 Å². The highest BCUT2D eigenvalue weighted by molar-refractivity contribution is 9.10. The Labute approximate surface area is 161 Å². The van der Waals surface area contributed by atoms with Crippen molar-refractivity contribution in [2.45, 2.75) is 19.8 Å². The third-order valence-electron chi connectivity index (χ3n) is 3.91. The lowest BCUT2D eigenvalue weighted by atomic mass is 10.0. The van der Waals surface area contributed by atoms with Crippen LogP contribution in [0.5, 0.6) is 17.6 Å². The van der Waals surface area contributed by atoms with Crippen LogP contribution in [0.25, 0.3) is 10.9 Å². The van der Waals surface area contributed by atoms with Crippen LogP contribution < -0.4 is 14.2 Å². The fraction of sp³-hybridized carbons (Fsp3) is 0.300. The van der Waals surface area contributed by atoms with Gasteiger partial charge in [-0.1, -0.05) is 22.9 Å². The normalized spacial score (nSPS) is 10.8. The number of nitrogens with zero attached hydrogens (tertiary/aromatic N) is 2. The molecule has 136 valence electrons. The Morgan fingerprint density at radius 2 is 1.77 bits per heavy atom. The zero-order valence-electron chi connectivity index (χ0n) is 15.1. The lowest BCUT2D eigenvalue weighted by Crippen LogP contribution is -2.02. The van der Waals surface area contributed by atoms with Gasteiger partial charge in [-0.25, -0.2) is 4.98 Å². The average molecular weight is 417 g/mol. The summed E-state index contributed by atoms with van der Waals surface area (Å²) in [5.41, 5.74) is 2.92. The molecule has 3 aromatic rings. The maximum Gasteiger partial charge on any atom is 0.217 e. The van der Waals surface area contributed by atoms with E-state index in [-0.39, 0.29) is 0 Å². The molecule has 5 nitrogen and oxygen atoms in total. The van der Waals surface area contributed by atoms with Crippen LogP contribution in [-0.4, -0.2) is 30.8 Å². The molecule has 6 heteroatoms. The fourth-order valence-corrected chi connectivity index (χ4v) is 3.09. The summed E-state index contributed by atoms with van der Waals surface area (Å²) >= 11 is 3.51. The van der Waals surface area contributed by atoms with Crippen LogP contribution in [0.3, 0.4) is 0 Å². The van der Waals surface area contributed by atoms with Gasteiger partial charge in [0.1, 0.15) is 0 Å². The van der Waals surface area contributed by atoms with Crippen molar-refractivity contribution in [3.05, 3.63) is 52.0 Å². The molecule has 0 aliphatic carbocycles. The van der Waals surface area contributed by atoms with Crippen LogP contribution in [0.15, 0.2) is 40.9 Å². The summed E-state index contributed by atoms with van der Waals surface area (Å²) in [6.07, 6.45) is 1.56. The van der Waals surface area contributed by atoms with Crippen LogP contribution in [0, 0.1) is 0 Å². The molecule has 0 spiro atoms. The van der Waals surface area contributed by atoms with Gasteiger partial charge in [-0.15, -0.1) is 0 Å². The first-order valence-electron chi connectivity index (χ1n) is 8.44. The summed E-state index contributed by atoms with van der Waals surface area (Å²) in [5.74, 6) is 1.72. The van der Waals surface area contributed by atoms with E-state index in [4.69, 9.17) is 14.2 Å². The standard InChI is InChI=1S/C20H21BrN2O3/c1-4-7-26-19-10-13(9-18(23-19)24-2)8-15-11-14-12-16(21)5-6-17(14)22-20(15)25-3/h5-6,9-12H,4,7-8H2,1-3H3. The molecule has 0 aliphatic rings. The molecule has 0 radical (unpaired) electrons. The number of pyridine rings is 2. The van der Waals surface area contributed by atoms with Gasteiger partial charge in [-0.2, -0.15) is 4.98 Å². The number of methoxy groups -OCH3 is 2. The van der Waals surface area contributed by atoms with E-state index in [1.165, 1.54) is 0 Å². The van der Waals surface area contributed by atoms with Crippen LogP contribution in [0.2, 0.25) is 0 Å². The molecule has 2 aromatic heterocycles. The van der Waals surface area contributed by atoms with E-state index < -0.39 is 0 Å². The van der Waals surface area contributed by atoms with E-state index in [2.05, 4.69) is 38.9 Å². The zero-order valence-corrected chi connectivity index (χ0v) is 16.7. The summed E-state index contributed by atoms with van der Waals surface area (Å²) in [6, 6.07) is 11.9. The van der Waals surface area contributed by atoms with Gasteiger partial charge in [0, 0.05) is 34.0 Å². The summed E-state index contributed by atoms with van der Waals surface area (Å²) in [5, 5.41) is 1.05. The number of ether oxygens (including phenoxy) is 3. The minimum absolute atomic E-state index is 0.532. The van der Waals surface area contributed by atoms with E-state index in [0.29, 0.717) is 30.7 Å². The predicted molar refractivity (Wildman–Crippen MR) is 105 cm³/mol. The van der Waals surface area contributed by atoms with E-state index in [0.717, 1.165) is 32.9 Å². The van der Waals surface area contributed by atoms with Gasteiger partial charge in [-0.05, 0) is 36.2 Å². The van der Waals surface area contributed by atoms with Gasteiger partial charge in [0.05, 0.1) is 26.3 Å². The predicted octanol–water partition coefficient (Wildman–Crippen LogP) is 4.79. The van der Waals surface area contributed by atoms with Crippen molar-refractivity contribution in [3.63, 3.8) is 0 Å². The van der Waals surface area contributed by atoms with Crippen molar-refractivity contribution in [3.8, 4) is 17.6 Å². The summed E-state index contributed by atoms with van der Waals surface area (Å²) in [4.78, 5) is 8.96. The molecule has 0 saturated carbocycles. The number of benzene rings is 1. The minimum Gasteiger partial charge on any atom is -0.481 e. The smallest absolute Gasteiger partial charge is 0.217 e. The molecule has 26 heavy (non-hydrogen) atoms. The Hall–Kier alpha value is -2.34. The zero-order chi connectivity index (χ0) is 18.5. The van der Waals surface area contributed by atoms with Crippen LogP contribution in [-0.2, 0) is 6.42 Å². The summed E-state index contributed by atoms with van der Waals surface area (Å²) in [7, 11) is 3.24.